The average Bonchev–Trinajstić information content (AvgIpc) is 4.28. The van der Waals surface area contributed by atoms with E-state index in [1.165, 1.54) is 52.6 Å². The van der Waals surface area contributed by atoms with Crippen LogP contribution < -0.4 is 20.6 Å². The number of hydrogen-bond donors (Lipinski definition) is 2. The topological polar surface area (TPSA) is 232 Å². The van der Waals surface area contributed by atoms with E-state index >= 15 is 0 Å². The molecule has 18 nitrogen and oxygen atoms in total. The predicted octanol–water partition coefficient (Wildman–Crippen LogP) is 11.1. The number of hydrogen-bond acceptors (Lipinski definition) is 12. The van der Waals surface area contributed by atoms with Gasteiger partial charge in [0.2, 0.25) is 11.8 Å². The number of fused-ring (bicyclic) bond motifs is 4. The second-order valence-corrected chi connectivity index (χ2v) is 25.8. The van der Waals surface area contributed by atoms with Crippen LogP contribution >= 0.6 is 63.7 Å². The predicted molar refractivity (Wildman–Crippen MR) is 312 cm³/mol. The summed E-state index contributed by atoms with van der Waals surface area (Å²) in [7, 11) is -6.67. The summed E-state index contributed by atoms with van der Waals surface area (Å²) >= 11 is 13.4. The molecule has 3 aromatic carbocycles. The van der Waals surface area contributed by atoms with E-state index in [9.17, 15) is 34.8 Å². The van der Waals surface area contributed by atoms with E-state index in [1.807, 2.05) is 33.0 Å². The van der Waals surface area contributed by atoms with Gasteiger partial charge in [-0.3, -0.25) is 9.59 Å². The maximum Gasteiger partial charge on any atom is 0.275 e. The van der Waals surface area contributed by atoms with Gasteiger partial charge in [0.25, 0.3) is 41.2 Å². The Morgan fingerprint density at radius 3 is 1.35 bits per heavy atom. The van der Waals surface area contributed by atoms with Crippen LogP contribution in [0.5, 0.6) is 11.8 Å². The van der Waals surface area contributed by atoms with Gasteiger partial charge in [0.15, 0.2) is 0 Å². The molecule has 0 fully saturated rings. The maximum absolute atomic E-state index is 12.9. The molecular weight excluding hydrogens is 1790 g/mol. The number of nitrogens with zero attached hydrogens (tertiary/aromatic N) is 6. The monoisotopic (exact) mass is 1830 g/mol. The fourth-order valence-electron chi connectivity index (χ4n) is 7.82. The molecule has 0 saturated heterocycles. The van der Waals surface area contributed by atoms with Crippen molar-refractivity contribution in [3.63, 3.8) is 0 Å². The normalized spacial score (nSPS) is 11.2. The van der Waals surface area contributed by atoms with E-state index in [2.05, 4.69) is 83.7 Å². The van der Waals surface area contributed by atoms with Crippen LogP contribution in [0.2, 0.25) is 0 Å². The first kappa shape index (κ1) is 66.5. The van der Waals surface area contributed by atoms with Gasteiger partial charge in [0.05, 0.1) is 28.9 Å². The zero-order chi connectivity index (χ0) is 55.7. The number of aromatic nitrogens is 8. The smallest absolute Gasteiger partial charge is 0.275 e. The zero-order valence-corrected chi connectivity index (χ0v) is 60.0. The molecule has 415 valence electrons. The van der Waals surface area contributed by atoms with Crippen LogP contribution in [0.4, 0.5) is 0 Å². The van der Waals surface area contributed by atoms with Gasteiger partial charge < -0.3 is 25.4 Å². The third-order valence-electron chi connectivity index (χ3n) is 11.8. The van der Waals surface area contributed by atoms with E-state index in [-0.39, 0.29) is 109 Å². The zero-order valence-electron chi connectivity index (χ0n) is 43.7. The van der Waals surface area contributed by atoms with Crippen LogP contribution in [0.3, 0.4) is 0 Å². The fraction of sp³-hybridized carbons (Fsp3) is 0.115. The van der Waals surface area contributed by atoms with Gasteiger partial charge in [0, 0.05) is 167 Å². The van der Waals surface area contributed by atoms with Crippen LogP contribution in [-0.4, -0.2) is 75.9 Å². The molecule has 0 bridgehead atoms. The molecule has 28 heteroatoms. The summed E-state index contributed by atoms with van der Waals surface area (Å²) < 4.78 is 94.6. The molecule has 8 heterocycles. The Kier molecular flexibility index (Phi) is 22.8. The van der Waals surface area contributed by atoms with E-state index < -0.39 is 35.6 Å². The Labute approximate surface area is 544 Å². The summed E-state index contributed by atoms with van der Waals surface area (Å²) in [5, 5.41) is 2.93. The first-order valence-corrected chi connectivity index (χ1v) is 30.1. The molecule has 11 aromatic rings. The molecule has 0 spiro atoms. The standard InChI is InChI=1S/2C15H13BrN2O3S.C14H11BrN2O3S.C8H7BrN2O.U.V.W.H/c1-10-3-5-11(6-4-10)22(19,20)18-8-7-12-13(16)9-17-15(21-2)14(12)18;1-10-3-5-11(6-4-10)22(20,21)18-8-7-12-13(16)9-17(2)15(19)14(12)18;1-9-2-4-10(5-3-9)21(19,20)17-7-6-11-12(15)8-16-14(18)13(11)17;1-12-8-7-5(2-3-10-7)6(9)4-11-8;;;;/h2*3-9H,1-2H3;2-8H,1H3,(H,16,18);2-4,10H,1H3;;;;/q;;;;;;;-1/i;;;;;;;1+2. The largest absolute Gasteiger partial charge is 1.00 e. The molecule has 0 saturated carbocycles. The first-order chi connectivity index (χ1) is 36.5. The maximum atomic E-state index is 12.9. The number of H-pyrrole nitrogens is 2. The van der Waals surface area contributed by atoms with Gasteiger partial charge in [-0.2, -0.15) is 0 Å². The molecule has 80 heavy (non-hydrogen) atoms. The second kappa shape index (κ2) is 27.4. The number of ether oxygens (including phenoxy) is 2. The Hall–Kier alpha value is -4.29. The minimum Gasteiger partial charge on any atom is -1.00 e. The van der Waals surface area contributed by atoms with Crippen molar-refractivity contribution in [2.45, 2.75) is 35.5 Å². The average molecular weight is 1830 g/mol. The summed E-state index contributed by atoms with van der Waals surface area (Å²) in [6.07, 6.45) is 12.6. The first-order valence-electron chi connectivity index (χ1n) is 22.6. The van der Waals surface area contributed by atoms with Crippen LogP contribution in [0.15, 0.2) is 189 Å². The van der Waals surface area contributed by atoms with Gasteiger partial charge >= 0.3 is 0 Å². The van der Waals surface area contributed by atoms with Crippen molar-refractivity contribution in [1.82, 2.24) is 36.4 Å². The number of halogens is 4. The number of aryl methyl sites for hydroxylation is 4. The van der Waals surface area contributed by atoms with Crippen LogP contribution in [0.1, 0.15) is 18.1 Å². The number of benzene rings is 3. The van der Waals surface area contributed by atoms with Crippen molar-refractivity contribution in [3.8, 4) is 11.8 Å². The van der Waals surface area contributed by atoms with Crippen molar-refractivity contribution >= 4 is 137 Å². The number of aromatic amines is 2. The molecule has 0 aliphatic carbocycles. The molecule has 1 radical (unpaired) electrons. The van der Waals surface area contributed by atoms with Gasteiger partial charge in [0.1, 0.15) is 22.1 Å². The van der Waals surface area contributed by atoms with Crippen LogP contribution in [0.25, 0.3) is 43.6 Å². The quantitative estimate of drug-likeness (QED) is 0.145. The number of rotatable bonds is 8. The van der Waals surface area contributed by atoms with E-state index in [0.29, 0.717) is 35.6 Å². The fourth-order valence-corrected chi connectivity index (χ4v) is 13.8. The van der Waals surface area contributed by atoms with Crippen LogP contribution in [-0.2, 0) is 76.7 Å². The summed E-state index contributed by atoms with van der Waals surface area (Å²) in [4.78, 5) is 38.6. The number of pyridine rings is 4. The Morgan fingerprint density at radius 2 is 0.900 bits per heavy atom. The van der Waals surface area contributed by atoms with Crippen molar-refractivity contribution in [2.24, 2.45) is 7.05 Å². The minimum atomic E-state index is -3.81. The Morgan fingerprint density at radius 1 is 0.512 bits per heavy atom. The molecule has 0 amide bonds. The Bertz CT molecular complexity index is 4530. The SMILES string of the molecule is COc1ncc(Br)c2cc[nH]c12.COc1ncc(Br)c2ccn(S(=O)(=O)c3ccc(C)cc3)c12.Cc1ccc(S(=O)(=O)n2ccc3c(Br)c[nH]c(=O)c32)cc1.Cc1ccc(S(=O)(=O)n2ccc3c(Br)cn(C)c(=O)c32)cc1.[3H-].[U].[V].[W]. The van der Waals surface area contributed by atoms with E-state index in [4.69, 9.17) is 9.47 Å². The summed E-state index contributed by atoms with van der Waals surface area (Å²) in [6, 6.07) is 26.7. The van der Waals surface area contributed by atoms with Gasteiger partial charge in [-0.25, -0.2) is 47.1 Å². The molecular formula is C52H45Br4N8O10S3UVW-. The van der Waals surface area contributed by atoms with Gasteiger partial charge in [-0.15, -0.1) is 0 Å². The van der Waals surface area contributed by atoms with Crippen molar-refractivity contribution in [1.29, 1.82) is 0 Å². The summed E-state index contributed by atoms with van der Waals surface area (Å²) in [6.45, 7) is 5.67. The van der Waals surface area contributed by atoms with E-state index in [0.717, 1.165) is 45.4 Å². The summed E-state index contributed by atoms with van der Waals surface area (Å²) in [5.74, 6) is 0.886. The van der Waals surface area contributed by atoms with Crippen molar-refractivity contribution < 1.29 is 107 Å². The molecule has 0 aliphatic rings. The third kappa shape index (κ3) is 13.5. The minimum absolute atomic E-state index is 0. The van der Waals surface area contributed by atoms with Gasteiger partial charge in [-0.1, -0.05) is 53.1 Å². The number of methoxy groups -OCH3 is 2. The molecule has 0 unspecified atom stereocenters. The van der Waals surface area contributed by atoms with Crippen molar-refractivity contribution in [2.75, 3.05) is 14.2 Å². The second-order valence-electron chi connectivity index (χ2n) is 16.9. The molecule has 0 atom stereocenters. The molecule has 11 rings (SSSR count). The number of nitrogens with one attached hydrogen (secondary N) is 2. The molecule has 2 N–H and O–H groups in total. The molecule has 0 aliphatic heterocycles. The summed E-state index contributed by atoms with van der Waals surface area (Å²) in [5.41, 5.74) is 3.69. The third-order valence-corrected chi connectivity index (χ3v) is 19.5. The van der Waals surface area contributed by atoms with Crippen molar-refractivity contribution in [3.05, 3.63) is 202 Å². The van der Waals surface area contributed by atoms with Crippen LogP contribution in [0, 0.1) is 51.9 Å². The van der Waals surface area contributed by atoms with E-state index in [1.54, 1.807) is 112 Å². The molecule has 8 aromatic heterocycles. The van der Waals surface area contributed by atoms with Gasteiger partial charge in [-0.05, 0) is 145 Å². The Balaban J connectivity index is 0.000000233.